The molecule has 0 spiro atoms. The molecule has 2 amide bonds. The predicted molar refractivity (Wildman–Crippen MR) is 118 cm³/mol. The molecule has 11 heteroatoms. The van der Waals surface area contributed by atoms with E-state index in [1.807, 2.05) is 0 Å². The van der Waals surface area contributed by atoms with Crippen LogP contribution in [0.2, 0.25) is 0 Å². The van der Waals surface area contributed by atoms with E-state index in [0.29, 0.717) is 10.6 Å². The lowest BCUT2D eigenvalue weighted by Gasteiger charge is -2.27. The number of nitro groups is 1. The molecule has 0 unspecified atom stereocenters. The highest BCUT2D eigenvalue weighted by molar-refractivity contribution is 6.10. The number of carbonyl (C=O) groups is 2. The van der Waals surface area contributed by atoms with Gasteiger partial charge < -0.3 is 14.8 Å². The lowest BCUT2D eigenvalue weighted by atomic mass is 10.2. The zero-order valence-electron chi connectivity index (χ0n) is 19.1. The van der Waals surface area contributed by atoms with Gasteiger partial charge in [-0.3, -0.25) is 15.1 Å². The second-order valence-electron chi connectivity index (χ2n) is 8.93. The number of rotatable bonds is 4. The molecule has 172 valence electrons. The van der Waals surface area contributed by atoms with Crippen LogP contribution in [0.25, 0.3) is 0 Å². The van der Waals surface area contributed by atoms with Gasteiger partial charge in [0.15, 0.2) is 0 Å². The van der Waals surface area contributed by atoms with E-state index < -0.39 is 39.8 Å². The van der Waals surface area contributed by atoms with Gasteiger partial charge in [-0.2, -0.15) is 4.90 Å². The molecule has 0 atom stereocenters. The van der Waals surface area contributed by atoms with E-state index in [0.717, 1.165) is 5.69 Å². The first-order chi connectivity index (χ1) is 14.7. The van der Waals surface area contributed by atoms with Crippen LogP contribution >= 0.6 is 0 Å². The van der Waals surface area contributed by atoms with Crippen molar-refractivity contribution in [3.63, 3.8) is 0 Å². The van der Waals surface area contributed by atoms with Crippen LogP contribution in [0.15, 0.2) is 30.6 Å². The highest BCUT2D eigenvalue weighted by Crippen LogP contribution is 2.32. The summed E-state index contributed by atoms with van der Waals surface area (Å²) in [5.41, 5.74) is -0.857. The summed E-state index contributed by atoms with van der Waals surface area (Å²) in [6.07, 6.45) is 0.557. The van der Waals surface area contributed by atoms with Gasteiger partial charge >= 0.3 is 17.9 Å². The van der Waals surface area contributed by atoms with Gasteiger partial charge in [-0.1, -0.05) is 0 Å². The van der Waals surface area contributed by atoms with Crippen molar-refractivity contribution in [2.24, 2.45) is 0 Å². The maximum absolute atomic E-state index is 12.8. The number of ether oxygens (including phenoxy) is 2. The van der Waals surface area contributed by atoms with Crippen LogP contribution in [0.5, 0.6) is 0 Å². The van der Waals surface area contributed by atoms with Gasteiger partial charge in [0.2, 0.25) is 5.82 Å². The third-order valence-corrected chi connectivity index (χ3v) is 3.59. The fourth-order valence-electron chi connectivity index (χ4n) is 2.47. The molecule has 0 fully saturated rings. The third kappa shape index (κ3) is 6.89. The van der Waals surface area contributed by atoms with Crippen molar-refractivity contribution in [1.29, 1.82) is 0 Å². The Hall–Kier alpha value is -3.76. The average Bonchev–Trinajstić information content (AvgIpc) is 2.59. The second kappa shape index (κ2) is 9.16. The topological polar surface area (TPSA) is 137 Å². The molecular weight excluding hydrogens is 418 g/mol. The minimum atomic E-state index is -1.15. The van der Waals surface area contributed by atoms with Gasteiger partial charge in [0, 0.05) is 23.6 Å². The van der Waals surface area contributed by atoms with Crippen molar-refractivity contribution in [2.75, 3.05) is 10.2 Å². The molecule has 1 N–H and O–H groups in total. The molecule has 11 nitrogen and oxygen atoms in total. The average molecular weight is 445 g/mol. The Morgan fingerprint density at radius 3 is 2.03 bits per heavy atom. The molecule has 0 radical (unpaired) electrons. The number of nitrogens with zero attached hydrogens (tertiary/aromatic N) is 4. The first kappa shape index (κ1) is 24.5. The molecule has 0 aliphatic rings. The Morgan fingerprint density at radius 2 is 1.56 bits per heavy atom. The summed E-state index contributed by atoms with van der Waals surface area (Å²) in [7, 11) is 0. The number of hydrogen-bond acceptors (Lipinski definition) is 9. The lowest BCUT2D eigenvalue weighted by molar-refractivity contribution is -0.384. The van der Waals surface area contributed by atoms with Crippen molar-refractivity contribution < 1.29 is 24.0 Å². The molecule has 0 saturated carbocycles. The largest absolute Gasteiger partial charge is 0.443 e. The van der Waals surface area contributed by atoms with E-state index in [9.17, 15) is 19.7 Å². The summed E-state index contributed by atoms with van der Waals surface area (Å²) in [5, 5.41) is 14.8. The van der Waals surface area contributed by atoms with Gasteiger partial charge in [-0.05, 0) is 60.6 Å². The zero-order chi connectivity index (χ0) is 24.3. The Morgan fingerprint density at radius 1 is 1.00 bits per heavy atom. The molecule has 2 rings (SSSR count). The minimum absolute atomic E-state index is 0.277. The fourth-order valence-corrected chi connectivity index (χ4v) is 2.47. The van der Waals surface area contributed by atoms with E-state index >= 15 is 0 Å². The molecule has 32 heavy (non-hydrogen) atoms. The van der Waals surface area contributed by atoms with Crippen LogP contribution in [-0.4, -0.2) is 38.3 Å². The fraction of sp³-hybridized carbons (Fsp3) is 0.429. The van der Waals surface area contributed by atoms with E-state index in [-0.39, 0.29) is 5.69 Å². The first-order valence-electron chi connectivity index (χ1n) is 9.76. The van der Waals surface area contributed by atoms with E-state index in [4.69, 9.17) is 9.47 Å². The predicted octanol–water partition coefficient (Wildman–Crippen LogP) is 5.11. The van der Waals surface area contributed by atoms with Crippen LogP contribution in [0.3, 0.4) is 0 Å². The van der Waals surface area contributed by atoms with Crippen molar-refractivity contribution in [2.45, 2.75) is 59.7 Å². The normalized spacial score (nSPS) is 11.5. The molecule has 0 aliphatic heterocycles. The Balaban J connectivity index is 2.52. The summed E-state index contributed by atoms with van der Waals surface area (Å²) < 4.78 is 10.5. The van der Waals surface area contributed by atoms with Gasteiger partial charge in [-0.15, -0.1) is 0 Å². The van der Waals surface area contributed by atoms with Crippen molar-refractivity contribution in [3.8, 4) is 0 Å². The number of aryl methyl sites for hydroxylation is 1. The van der Waals surface area contributed by atoms with Crippen LogP contribution in [0.4, 0.5) is 32.5 Å². The molecule has 2 aromatic rings. The Bertz CT molecular complexity index is 998. The van der Waals surface area contributed by atoms with Crippen LogP contribution in [0.1, 0.15) is 47.2 Å². The first-order valence-corrected chi connectivity index (χ1v) is 9.76. The number of aromatic nitrogens is 2. The summed E-state index contributed by atoms with van der Waals surface area (Å²) >= 11 is 0. The smallest absolute Gasteiger partial charge is 0.426 e. The lowest BCUT2D eigenvalue weighted by Crippen LogP contribution is -2.44. The second-order valence-corrected chi connectivity index (χ2v) is 8.93. The van der Waals surface area contributed by atoms with E-state index in [1.165, 1.54) is 12.3 Å². The highest BCUT2D eigenvalue weighted by atomic mass is 16.6. The summed E-state index contributed by atoms with van der Waals surface area (Å²) in [6.45, 7) is 11.4. The number of hydrogen-bond donors (Lipinski definition) is 1. The van der Waals surface area contributed by atoms with Gasteiger partial charge in [0.25, 0.3) is 0 Å². The molecule has 0 aliphatic carbocycles. The number of imide groups is 1. The quantitative estimate of drug-likeness (QED) is 0.502. The Labute approximate surface area is 185 Å². The van der Waals surface area contributed by atoms with E-state index in [2.05, 4.69) is 15.3 Å². The number of nitrogens with one attached hydrogen (secondary N) is 1. The molecule has 0 saturated heterocycles. The number of pyridine rings is 2. The maximum atomic E-state index is 12.8. The highest BCUT2D eigenvalue weighted by Gasteiger charge is 2.38. The summed E-state index contributed by atoms with van der Waals surface area (Å²) in [4.78, 5) is 45.2. The SMILES string of the molecule is Cc1cc(Nc2cnc(N(C(=O)OC(C)(C)C)C(=O)OC(C)(C)C)c([N+](=O)[O-])c2)ccn1. The third-order valence-electron chi connectivity index (χ3n) is 3.59. The molecule has 0 aromatic carbocycles. The molecule has 2 heterocycles. The van der Waals surface area contributed by atoms with Gasteiger partial charge in [0.1, 0.15) is 11.2 Å². The van der Waals surface area contributed by atoms with Gasteiger partial charge in [0.05, 0.1) is 16.8 Å². The summed E-state index contributed by atoms with van der Waals surface area (Å²) in [6, 6.07) is 4.59. The van der Waals surface area contributed by atoms with Crippen molar-refractivity contribution >= 4 is 35.1 Å². The monoisotopic (exact) mass is 445 g/mol. The van der Waals surface area contributed by atoms with Crippen LogP contribution in [-0.2, 0) is 9.47 Å². The minimum Gasteiger partial charge on any atom is -0.443 e. The Kier molecular flexibility index (Phi) is 7.02. The number of amides is 2. The zero-order valence-corrected chi connectivity index (χ0v) is 19.1. The molecular formula is C21H27N5O6. The number of carbonyl (C=O) groups excluding carboxylic acids is 2. The summed E-state index contributed by atoms with van der Waals surface area (Å²) in [5.74, 6) is -0.519. The molecule has 2 aromatic heterocycles. The van der Waals surface area contributed by atoms with Crippen LogP contribution < -0.4 is 10.2 Å². The molecule has 0 bridgehead atoms. The maximum Gasteiger partial charge on any atom is 0.426 e. The van der Waals surface area contributed by atoms with Gasteiger partial charge in [-0.25, -0.2) is 14.6 Å². The van der Waals surface area contributed by atoms with Crippen molar-refractivity contribution in [1.82, 2.24) is 9.97 Å². The standard InChI is InChI=1S/C21H27N5O6/c1-13-10-14(8-9-22-13)24-15-11-16(26(29)30)17(23-12-15)25(18(27)31-20(2,3)4)19(28)32-21(5,6)7/h8-12H,1-7H3,(H,22,24). The number of anilines is 3. The van der Waals surface area contributed by atoms with Crippen LogP contribution in [0, 0.1) is 17.0 Å². The van der Waals surface area contributed by atoms with Crippen molar-refractivity contribution in [3.05, 3.63) is 46.4 Å². The van der Waals surface area contributed by atoms with E-state index in [1.54, 1.807) is 66.8 Å².